The van der Waals surface area contributed by atoms with E-state index in [9.17, 15) is 4.79 Å². The van der Waals surface area contributed by atoms with Gasteiger partial charge in [0.05, 0.1) is 23.2 Å². The molecule has 1 amide bonds. The first-order valence-electron chi connectivity index (χ1n) is 15.4. The Morgan fingerprint density at radius 2 is 1.62 bits per heavy atom. The molecule has 2 N–H and O–H groups in total. The molecule has 232 valence electrons. The molecule has 0 atom stereocenters. The van der Waals surface area contributed by atoms with Crippen molar-refractivity contribution in [2.24, 2.45) is 0 Å². The molecule has 2 aliphatic heterocycles. The largest absolute Gasteiger partial charge is 0.457 e. The molecule has 2 aliphatic rings. The second kappa shape index (κ2) is 11.5. The first-order valence-corrected chi connectivity index (χ1v) is 15.4. The molecule has 0 spiro atoms. The Bertz CT molecular complexity index is 1800. The van der Waals surface area contributed by atoms with Crippen molar-refractivity contribution in [2.75, 3.05) is 36.8 Å². The smallest absolute Gasteiger partial charge is 0.410 e. The van der Waals surface area contributed by atoms with E-state index in [0.29, 0.717) is 18.9 Å². The SMILES string of the molecule is CC(C)(C)OC(=O)N1CC(n2ccc(N3CCC(n4nc(-c5ccc(Oc6ccccc6)cc5)c5c(N)ncnc54)CC3)c2)C1. The highest BCUT2D eigenvalue weighted by atomic mass is 16.6. The summed E-state index contributed by atoms with van der Waals surface area (Å²) in [5.74, 6) is 1.95. The fourth-order valence-corrected chi connectivity index (χ4v) is 6.06. The molecule has 11 heteroatoms. The molecule has 2 saturated heterocycles. The van der Waals surface area contributed by atoms with Crippen LogP contribution < -0.4 is 15.4 Å². The third-order valence-electron chi connectivity index (χ3n) is 8.43. The van der Waals surface area contributed by atoms with E-state index in [0.717, 1.165) is 59.7 Å². The molecule has 11 nitrogen and oxygen atoms in total. The lowest BCUT2D eigenvalue weighted by molar-refractivity contribution is 0.00112. The Morgan fingerprint density at radius 3 is 2.33 bits per heavy atom. The van der Waals surface area contributed by atoms with Crippen molar-refractivity contribution in [3.63, 3.8) is 0 Å². The highest BCUT2D eigenvalue weighted by Crippen LogP contribution is 2.36. The van der Waals surface area contributed by atoms with Gasteiger partial charge in [0.15, 0.2) is 5.65 Å². The van der Waals surface area contributed by atoms with Gasteiger partial charge in [-0.25, -0.2) is 19.4 Å². The van der Waals surface area contributed by atoms with Gasteiger partial charge in [-0.2, -0.15) is 5.10 Å². The minimum absolute atomic E-state index is 0.184. The fourth-order valence-electron chi connectivity index (χ4n) is 6.06. The molecule has 5 heterocycles. The third-order valence-corrected chi connectivity index (χ3v) is 8.43. The average molecular weight is 607 g/mol. The maximum Gasteiger partial charge on any atom is 0.410 e. The van der Waals surface area contributed by atoms with Crippen molar-refractivity contribution in [1.82, 2.24) is 29.2 Å². The highest BCUT2D eigenvalue weighted by Gasteiger charge is 2.35. The molecule has 0 aliphatic carbocycles. The zero-order chi connectivity index (χ0) is 31.1. The molecule has 2 aromatic carbocycles. The van der Waals surface area contributed by atoms with Gasteiger partial charge in [0.2, 0.25) is 0 Å². The summed E-state index contributed by atoms with van der Waals surface area (Å²) in [6.07, 6.45) is 7.41. The predicted molar refractivity (Wildman–Crippen MR) is 173 cm³/mol. The van der Waals surface area contributed by atoms with Crippen LogP contribution in [0.25, 0.3) is 22.3 Å². The quantitative estimate of drug-likeness (QED) is 0.239. The normalized spacial score (nSPS) is 16.2. The maximum atomic E-state index is 12.3. The van der Waals surface area contributed by atoms with Gasteiger partial charge in [0.25, 0.3) is 0 Å². The minimum Gasteiger partial charge on any atom is -0.457 e. The molecule has 0 unspecified atom stereocenters. The summed E-state index contributed by atoms with van der Waals surface area (Å²) in [7, 11) is 0. The van der Waals surface area contributed by atoms with Gasteiger partial charge in [0.1, 0.15) is 34.9 Å². The summed E-state index contributed by atoms with van der Waals surface area (Å²) in [4.78, 5) is 25.4. The minimum atomic E-state index is -0.484. The zero-order valence-electron chi connectivity index (χ0n) is 25.8. The second-order valence-corrected chi connectivity index (χ2v) is 12.8. The standard InChI is InChI=1S/C34H38N8O3/c1-34(2,3)45-33(43)41-20-26(21-41)40-18-15-25(19-40)39-16-13-24(14-17-39)42-32-29(31(35)36-22-37-32)30(38-42)23-9-11-28(12-10-23)44-27-7-5-4-6-8-27/h4-12,15,18-19,22,24,26H,13-14,16-17,20-21H2,1-3H3,(H2,35,36,37). The van der Waals surface area contributed by atoms with Gasteiger partial charge in [-0.3, -0.25) is 0 Å². The van der Waals surface area contributed by atoms with Gasteiger partial charge in [-0.05, 0) is 76.1 Å². The number of carbonyl (C=O) groups excluding carboxylic acids is 1. The Balaban J connectivity index is 1.02. The van der Waals surface area contributed by atoms with Crippen LogP contribution in [0.15, 0.2) is 79.4 Å². The molecule has 5 aromatic rings. The number of rotatable bonds is 6. The molecular weight excluding hydrogens is 568 g/mol. The van der Waals surface area contributed by atoms with Crippen LogP contribution in [-0.4, -0.2) is 67.1 Å². The van der Waals surface area contributed by atoms with Gasteiger partial charge < -0.3 is 29.6 Å². The lowest BCUT2D eigenvalue weighted by Gasteiger charge is -2.40. The average Bonchev–Trinajstić information content (AvgIpc) is 3.63. The number of hydrogen-bond acceptors (Lipinski definition) is 8. The Hall–Kier alpha value is -5.06. The molecule has 0 bridgehead atoms. The van der Waals surface area contributed by atoms with Gasteiger partial charge in [-0.1, -0.05) is 18.2 Å². The number of benzene rings is 2. The number of nitrogen functional groups attached to an aromatic ring is 1. The lowest BCUT2D eigenvalue weighted by Crippen LogP contribution is -2.52. The first kappa shape index (κ1) is 28.7. The number of anilines is 2. The van der Waals surface area contributed by atoms with Crippen LogP contribution in [0.3, 0.4) is 0 Å². The van der Waals surface area contributed by atoms with Gasteiger partial charge >= 0.3 is 6.09 Å². The first-order chi connectivity index (χ1) is 21.7. The van der Waals surface area contributed by atoms with Crippen LogP contribution >= 0.6 is 0 Å². The highest BCUT2D eigenvalue weighted by molar-refractivity contribution is 5.98. The number of carbonyl (C=O) groups is 1. The van der Waals surface area contributed by atoms with E-state index in [1.807, 2.05) is 80.1 Å². The molecule has 2 fully saturated rings. The summed E-state index contributed by atoms with van der Waals surface area (Å²) >= 11 is 0. The summed E-state index contributed by atoms with van der Waals surface area (Å²) in [6.45, 7) is 8.78. The number of hydrogen-bond donors (Lipinski definition) is 1. The summed E-state index contributed by atoms with van der Waals surface area (Å²) in [6, 6.07) is 20.2. The lowest BCUT2D eigenvalue weighted by atomic mass is 10.0. The summed E-state index contributed by atoms with van der Waals surface area (Å²) in [5, 5.41) is 5.85. The number of nitrogens with zero attached hydrogens (tertiary/aromatic N) is 7. The number of aromatic nitrogens is 5. The molecular formula is C34H38N8O3. The predicted octanol–water partition coefficient (Wildman–Crippen LogP) is 6.30. The topological polar surface area (TPSA) is 117 Å². The zero-order valence-corrected chi connectivity index (χ0v) is 25.8. The number of fused-ring (bicyclic) bond motifs is 1. The van der Waals surface area contributed by atoms with Crippen LogP contribution in [-0.2, 0) is 4.74 Å². The van der Waals surface area contributed by atoms with Crippen molar-refractivity contribution in [1.29, 1.82) is 0 Å². The molecule has 45 heavy (non-hydrogen) atoms. The van der Waals surface area contributed by atoms with Gasteiger partial charge in [-0.15, -0.1) is 0 Å². The van der Waals surface area contributed by atoms with Crippen LogP contribution in [0.2, 0.25) is 0 Å². The van der Waals surface area contributed by atoms with E-state index < -0.39 is 5.60 Å². The van der Waals surface area contributed by atoms with Crippen LogP contribution in [0.1, 0.15) is 45.7 Å². The van der Waals surface area contributed by atoms with Crippen molar-refractivity contribution in [3.05, 3.63) is 79.4 Å². The number of piperidine rings is 1. The van der Waals surface area contributed by atoms with E-state index >= 15 is 0 Å². The van der Waals surface area contributed by atoms with Crippen molar-refractivity contribution in [2.45, 2.75) is 51.3 Å². The second-order valence-electron chi connectivity index (χ2n) is 12.8. The van der Waals surface area contributed by atoms with Crippen LogP contribution in [0.5, 0.6) is 11.5 Å². The van der Waals surface area contributed by atoms with E-state index in [1.165, 1.54) is 12.0 Å². The number of para-hydroxylation sites is 1. The van der Waals surface area contributed by atoms with Crippen molar-refractivity contribution >= 4 is 28.6 Å². The van der Waals surface area contributed by atoms with Crippen molar-refractivity contribution in [3.8, 4) is 22.8 Å². The van der Waals surface area contributed by atoms with E-state index in [-0.39, 0.29) is 18.2 Å². The maximum absolute atomic E-state index is 12.3. The summed E-state index contributed by atoms with van der Waals surface area (Å²) in [5.41, 5.74) is 9.56. The Kier molecular flexibility index (Phi) is 7.31. The van der Waals surface area contributed by atoms with Crippen LogP contribution in [0.4, 0.5) is 16.3 Å². The van der Waals surface area contributed by atoms with E-state index in [4.69, 9.17) is 20.3 Å². The number of ether oxygens (including phenoxy) is 2. The molecule has 0 saturated carbocycles. The van der Waals surface area contributed by atoms with Crippen molar-refractivity contribution < 1.29 is 14.3 Å². The number of likely N-dealkylation sites (tertiary alicyclic amines) is 1. The van der Waals surface area contributed by atoms with Crippen LogP contribution in [0, 0.1) is 0 Å². The van der Waals surface area contributed by atoms with E-state index in [1.54, 1.807) is 4.90 Å². The molecule has 3 aromatic heterocycles. The number of amides is 1. The number of nitrogens with two attached hydrogens (primary N) is 1. The Labute approximate surface area is 262 Å². The monoisotopic (exact) mass is 606 g/mol. The molecule has 7 rings (SSSR count). The molecule has 0 radical (unpaired) electrons. The summed E-state index contributed by atoms with van der Waals surface area (Å²) < 4.78 is 15.7. The van der Waals surface area contributed by atoms with E-state index in [2.05, 4.69) is 37.9 Å². The van der Waals surface area contributed by atoms with Gasteiger partial charge in [0, 0.05) is 44.1 Å². The fraction of sp³-hybridized carbons (Fsp3) is 0.353. The third kappa shape index (κ3) is 5.90. The Morgan fingerprint density at radius 1 is 0.911 bits per heavy atom.